The first-order chi connectivity index (χ1) is 14.5. The number of hydrogen-bond donors (Lipinski definition) is 2. The summed E-state index contributed by atoms with van der Waals surface area (Å²) in [7, 11) is 3.80. The van der Waals surface area contributed by atoms with Crippen LogP contribution in [0.1, 0.15) is 47.4 Å². The molecule has 1 saturated carbocycles. The minimum atomic E-state index is -4.85. The number of aryl methyl sites for hydroxylation is 1. The second-order valence-electron chi connectivity index (χ2n) is 7.91. The molecule has 1 heterocycles. The Morgan fingerprint density at radius 1 is 1.06 bits per heavy atom. The van der Waals surface area contributed by atoms with Crippen molar-refractivity contribution in [1.29, 1.82) is 0 Å². The number of nitrogens with one attached hydrogen (secondary N) is 2. The van der Waals surface area contributed by atoms with E-state index in [0.29, 0.717) is 30.8 Å². The molecule has 1 aliphatic rings. The molecule has 3 rings (SSSR count). The summed E-state index contributed by atoms with van der Waals surface area (Å²) in [6.45, 7) is 1.82. The first-order valence-corrected chi connectivity index (χ1v) is 10.00. The number of carbonyl (C=O) groups is 1. The maximum Gasteiger partial charge on any atom is 0.419 e. The molecule has 0 unspecified atom stereocenters. The molecule has 11 heteroatoms. The summed E-state index contributed by atoms with van der Waals surface area (Å²) < 4.78 is 52.1. The third-order valence-corrected chi connectivity index (χ3v) is 5.23. The Hall–Kier alpha value is -2.62. The van der Waals surface area contributed by atoms with Crippen molar-refractivity contribution in [2.75, 3.05) is 24.3 Å². The normalized spacial score (nSPS) is 18.5. The number of hydrogen-bond acceptors (Lipinski definition) is 5. The zero-order valence-corrected chi connectivity index (χ0v) is 18.8. The highest BCUT2D eigenvalue weighted by Crippen LogP contribution is 2.32. The molecule has 0 spiro atoms. The van der Waals surface area contributed by atoms with Crippen molar-refractivity contribution in [3.63, 3.8) is 0 Å². The van der Waals surface area contributed by atoms with Gasteiger partial charge < -0.3 is 15.5 Å². The second-order valence-corrected chi connectivity index (χ2v) is 7.91. The van der Waals surface area contributed by atoms with Gasteiger partial charge in [-0.3, -0.25) is 4.79 Å². The fourth-order valence-corrected chi connectivity index (χ4v) is 3.60. The third kappa shape index (κ3) is 6.44. The lowest BCUT2D eigenvalue weighted by Gasteiger charge is -2.30. The molecule has 2 N–H and O–H groups in total. The lowest BCUT2D eigenvalue weighted by Crippen LogP contribution is -2.40. The van der Waals surface area contributed by atoms with Crippen LogP contribution in [0.15, 0.2) is 24.3 Å². The van der Waals surface area contributed by atoms with Crippen LogP contribution in [0.25, 0.3) is 0 Å². The van der Waals surface area contributed by atoms with Crippen LogP contribution in [0.5, 0.6) is 0 Å². The SMILES string of the molecule is Cc1nc(N[C@H]2CC[C@@H](NC(=O)c3ccc(F)c(C(F)(F)F)c3)CC2)cc(N(C)C)n1.Cl. The fraction of sp³-hybridized carbons (Fsp3) is 0.476. The van der Waals surface area contributed by atoms with E-state index in [2.05, 4.69) is 20.6 Å². The van der Waals surface area contributed by atoms with E-state index in [0.717, 1.165) is 30.5 Å². The van der Waals surface area contributed by atoms with Crippen molar-refractivity contribution in [1.82, 2.24) is 15.3 Å². The van der Waals surface area contributed by atoms with Crippen LogP contribution in [0, 0.1) is 12.7 Å². The van der Waals surface area contributed by atoms with E-state index in [9.17, 15) is 22.4 Å². The first-order valence-electron chi connectivity index (χ1n) is 10.00. The van der Waals surface area contributed by atoms with Gasteiger partial charge in [0.25, 0.3) is 5.91 Å². The van der Waals surface area contributed by atoms with Gasteiger partial charge in [0.2, 0.25) is 0 Å². The zero-order valence-electron chi connectivity index (χ0n) is 18.0. The first kappa shape index (κ1) is 25.6. The average molecular weight is 476 g/mol. The number of halogens is 5. The van der Waals surface area contributed by atoms with Gasteiger partial charge in [-0.05, 0) is 50.8 Å². The molecule has 1 aromatic heterocycles. The molecule has 0 saturated heterocycles. The van der Waals surface area contributed by atoms with Crippen molar-refractivity contribution < 1.29 is 22.4 Å². The Labute approximate surface area is 190 Å². The molecular formula is C21H26ClF4N5O. The van der Waals surface area contributed by atoms with E-state index in [4.69, 9.17) is 0 Å². The van der Waals surface area contributed by atoms with E-state index in [1.807, 2.05) is 32.0 Å². The van der Waals surface area contributed by atoms with Gasteiger partial charge in [0.1, 0.15) is 23.3 Å². The summed E-state index contributed by atoms with van der Waals surface area (Å²) in [6, 6.07) is 4.16. The Kier molecular flexibility index (Phi) is 8.28. The van der Waals surface area contributed by atoms with Gasteiger partial charge in [0, 0.05) is 37.8 Å². The van der Waals surface area contributed by atoms with Crippen molar-refractivity contribution in [2.45, 2.75) is 50.9 Å². The molecule has 176 valence electrons. The molecule has 32 heavy (non-hydrogen) atoms. The van der Waals surface area contributed by atoms with Crippen LogP contribution in [-0.2, 0) is 6.18 Å². The molecule has 6 nitrogen and oxygen atoms in total. The van der Waals surface area contributed by atoms with Gasteiger partial charge >= 0.3 is 6.18 Å². The van der Waals surface area contributed by atoms with Crippen molar-refractivity contribution in [2.24, 2.45) is 0 Å². The molecule has 0 aliphatic heterocycles. The summed E-state index contributed by atoms with van der Waals surface area (Å²) >= 11 is 0. The van der Waals surface area contributed by atoms with Gasteiger partial charge in [0.15, 0.2) is 0 Å². The number of anilines is 2. The highest BCUT2D eigenvalue weighted by molar-refractivity contribution is 5.94. The lowest BCUT2D eigenvalue weighted by atomic mass is 9.91. The Bertz CT molecular complexity index is 946. The zero-order chi connectivity index (χ0) is 22.8. The van der Waals surface area contributed by atoms with E-state index in [-0.39, 0.29) is 30.1 Å². The molecule has 1 aromatic carbocycles. The summed E-state index contributed by atoms with van der Waals surface area (Å²) in [5, 5.41) is 6.16. The Balaban J connectivity index is 0.00000363. The molecule has 0 radical (unpaired) electrons. The predicted octanol–water partition coefficient (Wildman–Crippen LogP) is 4.58. The van der Waals surface area contributed by atoms with Crippen molar-refractivity contribution >= 4 is 29.9 Å². The maximum atomic E-state index is 13.4. The smallest absolute Gasteiger partial charge is 0.367 e. The second kappa shape index (κ2) is 10.3. The minimum absolute atomic E-state index is 0. The van der Waals surface area contributed by atoms with Crippen LogP contribution in [-0.4, -0.2) is 42.1 Å². The van der Waals surface area contributed by atoms with Crippen LogP contribution in [0.3, 0.4) is 0 Å². The van der Waals surface area contributed by atoms with Gasteiger partial charge in [-0.2, -0.15) is 13.2 Å². The lowest BCUT2D eigenvalue weighted by molar-refractivity contribution is -0.140. The number of rotatable bonds is 5. The number of benzene rings is 1. The van der Waals surface area contributed by atoms with Gasteiger partial charge in [-0.25, -0.2) is 14.4 Å². The predicted molar refractivity (Wildman–Crippen MR) is 117 cm³/mol. The van der Waals surface area contributed by atoms with Crippen LogP contribution >= 0.6 is 12.4 Å². The van der Waals surface area contributed by atoms with Crippen LogP contribution < -0.4 is 15.5 Å². The van der Waals surface area contributed by atoms with Gasteiger partial charge in [-0.1, -0.05) is 0 Å². The third-order valence-electron chi connectivity index (χ3n) is 5.23. The largest absolute Gasteiger partial charge is 0.419 e. The highest BCUT2D eigenvalue weighted by atomic mass is 35.5. The molecule has 1 aliphatic carbocycles. The highest BCUT2D eigenvalue weighted by Gasteiger charge is 2.35. The molecular weight excluding hydrogens is 450 g/mol. The van der Waals surface area contributed by atoms with Gasteiger partial charge in [-0.15, -0.1) is 12.4 Å². The van der Waals surface area contributed by atoms with Crippen molar-refractivity contribution in [3.05, 3.63) is 47.0 Å². The van der Waals surface area contributed by atoms with E-state index >= 15 is 0 Å². The maximum absolute atomic E-state index is 13.4. The van der Waals surface area contributed by atoms with E-state index < -0.39 is 23.5 Å². The number of nitrogens with zero attached hydrogens (tertiary/aromatic N) is 3. The molecule has 1 amide bonds. The topological polar surface area (TPSA) is 70.2 Å². The summed E-state index contributed by atoms with van der Waals surface area (Å²) in [6.07, 6.45) is -1.98. The van der Waals surface area contributed by atoms with E-state index in [1.165, 1.54) is 0 Å². The minimum Gasteiger partial charge on any atom is -0.367 e. The standard InChI is InChI=1S/C21H25F4N5O.ClH/c1-12-26-18(11-19(27-12)30(2)3)28-14-5-7-15(8-6-14)29-20(31)13-4-9-17(22)16(10-13)21(23,24)25;/h4,9-11,14-15H,5-8H2,1-3H3,(H,29,31)(H,26,27,28);1H/t14-,15+;. The number of alkyl halides is 3. The van der Waals surface area contributed by atoms with E-state index in [1.54, 1.807) is 0 Å². The summed E-state index contributed by atoms with van der Waals surface area (Å²) in [5.41, 5.74) is -1.65. The molecule has 1 fully saturated rings. The molecule has 0 bridgehead atoms. The molecule has 0 atom stereocenters. The van der Waals surface area contributed by atoms with Crippen LogP contribution in [0.4, 0.5) is 29.2 Å². The quantitative estimate of drug-likeness (QED) is 0.619. The Morgan fingerprint density at radius 2 is 1.69 bits per heavy atom. The number of aromatic nitrogens is 2. The molecule has 2 aromatic rings. The Morgan fingerprint density at radius 3 is 2.28 bits per heavy atom. The number of amides is 1. The summed E-state index contributed by atoms with van der Waals surface area (Å²) in [5.74, 6) is 0.160. The van der Waals surface area contributed by atoms with Gasteiger partial charge in [0.05, 0.1) is 5.56 Å². The summed E-state index contributed by atoms with van der Waals surface area (Å²) in [4.78, 5) is 23.0. The van der Waals surface area contributed by atoms with Crippen molar-refractivity contribution in [3.8, 4) is 0 Å². The van der Waals surface area contributed by atoms with Crippen LogP contribution in [0.2, 0.25) is 0 Å². The monoisotopic (exact) mass is 475 g/mol. The fourth-order valence-electron chi connectivity index (χ4n) is 3.60. The number of carbonyl (C=O) groups excluding carboxylic acids is 1. The average Bonchev–Trinajstić information content (AvgIpc) is 2.68.